The fourth-order valence-electron chi connectivity index (χ4n) is 3.60. The molecule has 1 aliphatic heterocycles. The first-order chi connectivity index (χ1) is 13.7. The lowest BCUT2D eigenvalue weighted by Gasteiger charge is -2.18. The fourth-order valence-corrected chi connectivity index (χ4v) is 4.29. The normalized spacial score (nSPS) is 14.4. The molecule has 2 aromatic rings. The van der Waals surface area contributed by atoms with Crippen molar-refractivity contribution >= 4 is 34.5 Å². The van der Waals surface area contributed by atoms with Crippen molar-refractivity contribution in [2.45, 2.75) is 64.6 Å². The van der Waals surface area contributed by atoms with E-state index in [2.05, 4.69) is 36.1 Å². The minimum absolute atomic E-state index is 0.0931. The number of rotatable bonds is 10. The van der Waals surface area contributed by atoms with Crippen LogP contribution in [0.4, 0.5) is 5.82 Å². The minimum atomic E-state index is 0.0931. The Hall–Kier alpha value is -1.83. The highest BCUT2D eigenvalue weighted by Gasteiger charge is 2.21. The smallest absolute Gasteiger partial charge is 0.223 e. The second-order valence-corrected chi connectivity index (χ2v) is 8.34. The summed E-state index contributed by atoms with van der Waals surface area (Å²) >= 11 is 1.70. The Kier molecular flexibility index (Phi) is 7.53. The second-order valence-electron chi connectivity index (χ2n) is 7.28. The number of amides is 1. The molecule has 1 fully saturated rings. The predicted molar refractivity (Wildman–Crippen MR) is 115 cm³/mol. The second kappa shape index (κ2) is 10.1. The van der Waals surface area contributed by atoms with E-state index >= 15 is 0 Å². The van der Waals surface area contributed by atoms with Gasteiger partial charge in [0.2, 0.25) is 5.91 Å². The molecule has 3 heterocycles. The molecule has 3 rings (SSSR count). The first kappa shape index (κ1) is 20.9. The van der Waals surface area contributed by atoms with E-state index in [4.69, 9.17) is 9.97 Å². The molecule has 2 aromatic heterocycles. The van der Waals surface area contributed by atoms with E-state index in [9.17, 15) is 4.79 Å². The Morgan fingerprint density at radius 3 is 2.64 bits per heavy atom. The van der Waals surface area contributed by atoms with Gasteiger partial charge in [0, 0.05) is 31.3 Å². The molecule has 0 radical (unpaired) electrons. The molecule has 0 atom stereocenters. The van der Waals surface area contributed by atoms with E-state index in [1.807, 2.05) is 10.9 Å². The molecule has 0 spiro atoms. The number of fused-ring (bicyclic) bond motifs is 1. The summed E-state index contributed by atoms with van der Waals surface area (Å²) < 4.78 is 1.90. The van der Waals surface area contributed by atoms with Gasteiger partial charge in [0.15, 0.2) is 10.8 Å². The van der Waals surface area contributed by atoms with Crippen molar-refractivity contribution < 1.29 is 4.79 Å². The molecule has 1 aliphatic rings. The van der Waals surface area contributed by atoms with Crippen molar-refractivity contribution in [2.24, 2.45) is 5.92 Å². The van der Waals surface area contributed by atoms with E-state index in [1.165, 1.54) is 12.8 Å². The predicted octanol–water partition coefficient (Wildman–Crippen LogP) is 3.48. The largest absolute Gasteiger partial charge is 0.356 e. The van der Waals surface area contributed by atoms with Gasteiger partial charge in [-0.2, -0.15) is 5.10 Å². The van der Waals surface area contributed by atoms with Gasteiger partial charge in [-0.25, -0.2) is 14.6 Å². The number of nitrogens with zero attached hydrogens (tertiary/aromatic N) is 5. The highest BCUT2D eigenvalue weighted by Crippen LogP contribution is 2.29. The molecule has 0 aromatic carbocycles. The van der Waals surface area contributed by atoms with Crippen LogP contribution in [0.5, 0.6) is 0 Å². The van der Waals surface area contributed by atoms with Gasteiger partial charge < -0.3 is 10.2 Å². The van der Waals surface area contributed by atoms with Gasteiger partial charge in [-0.15, -0.1) is 0 Å². The third-order valence-corrected chi connectivity index (χ3v) is 6.33. The number of carbonyl (C=O) groups excluding carboxylic acids is 1. The van der Waals surface area contributed by atoms with E-state index < -0.39 is 0 Å². The van der Waals surface area contributed by atoms with Crippen LogP contribution in [0.1, 0.15) is 52.9 Å². The average molecular weight is 405 g/mol. The Morgan fingerprint density at radius 2 is 1.96 bits per heavy atom. The summed E-state index contributed by atoms with van der Waals surface area (Å²) in [5, 5.41) is 9.43. The first-order valence-corrected chi connectivity index (χ1v) is 11.5. The zero-order valence-electron chi connectivity index (χ0n) is 17.3. The van der Waals surface area contributed by atoms with Crippen LogP contribution in [0.25, 0.3) is 11.0 Å². The summed E-state index contributed by atoms with van der Waals surface area (Å²) in [4.78, 5) is 24.2. The molecule has 0 unspecified atom stereocenters. The maximum atomic E-state index is 12.2. The van der Waals surface area contributed by atoms with Gasteiger partial charge in [-0.3, -0.25) is 4.79 Å². The molecule has 0 aliphatic carbocycles. The third-order valence-electron chi connectivity index (χ3n) is 5.28. The fraction of sp³-hybridized carbons (Fsp3) is 0.700. The standard InChI is InChI=1S/C20H32N6OS/c1-4-13-28-20-23-17(25-10-7-8-11-25)16-14-22-26(18(16)24-20)12-9-21-19(27)15(5-2)6-3/h14-15H,4-13H2,1-3H3,(H,21,27). The SMILES string of the molecule is CCCSc1nc(N2CCCC2)c2cnn(CCNC(=O)C(CC)CC)c2n1. The summed E-state index contributed by atoms with van der Waals surface area (Å²) in [5.41, 5.74) is 0.868. The summed E-state index contributed by atoms with van der Waals surface area (Å²) in [6, 6.07) is 0. The van der Waals surface area contributed by atoms with Crippen molar-refractivity contribution in [1.82, 2.24) is 25.1 Å². The van der Waals surface area contributed by atoms with Crippen molar-refractivity contribution in [2.75, 3.05) is 30.3 Å². The molecule has 28 heavy (non-hydrogen) atoms. The van der Waals surface area contributed by atoms with Crippen LogP contribution in [-0.4, -0.2) is 51.0 Å². The van der Waals surface area contributed by atoms with Crippen LogP contribution >= 0.6 is 11.8 Å². The molecule has 0 bridgehead atoms. The van der Waals surface area contributed by atoms with Gasteiger partial charge in [0.1, 0.15) is 5.82 Å². The van der Waals surface area contributed by atoms with Crippen LogP contribution in [0.15, 0.2) is 11.4 Å². The number of hydrogen-bond acceptors (Lipinski definition) is 6. The summed E-state index contributed by atoms with van der Waals surface area (Å²) in [6.45, 7) is 9.54. The van der Waals surface area contributed by atoms with Crippen molar-refractivity contribution in [3.05, 3.63) is 6.20 Å². The first-order valence-electron chi connectivity index (χ1n) is 10.6. The average Bonchev–Trinajstić information content (AvgIpc) is 3.37. The molecule has 1 saturated heterocycles. The van der Waals surface area contributed by atoms with Crippen LogP contribution in [-0.2, 0) is 11.3 Å². The minimum Gasteiger partial charge on any atom is -0.356 e. The molecule has 7 nitrogen and oxygen atoms in total. The highest BCUT2D eigenvalue weighted by atomic mass is 32.2. The number of nitrogens with one attached hydrogen (secondary N) is 1. The molecule has 1 N–H and O–H groups in total. The topological polar surface area (TPSA) is 75.9 Å². The maximum absolute atomic E-state index is 12.2. The Bertz CT molecular complexity index is 782. The third kappa shape index (κ3) is 4.77. The van der Waals surface area contributed by atoms with E-state index in [0.717, 1.165) is 60.1 Å². The molecule has 154 valence electrons. The van der Waals surface area contributed by atoms with Gasteiger partial charge in [-0.1, -0.05) is 32.5 Å². The molecule has 0 saturated carbocycles. The number of hydrogen-bond donors (Lipinski definition) is 1. The molecule has 8 heteroatoms. The number of aromatic nitrogens is 4. The van der Waals surface area contributed by atoms with Gasteiger partial charge in [0.25, 0.3) is 0 Å². The van der Waals surface area contributed by atoms with Crippen LogP contribution in [0, 0.1) is 5.92 Å². The molecular formula is C20H32N6OS. The van der Waals surface area contributed by atoms with Gasteiger partial charge >= 0.3 is 0 Å². The highest BCUT2D eigenvalue weighted by molar-refractivity contribution is 7.99. The summed E-state index contributed by atoms with van der Waals surface area (Å²) in [7, 11) is 0. The molecular weight excluding hydrogens is 372 g/mol. The van der Waals surface area contributed by atoms with E-state index in [-0.39, 0.29) is 11.8 Å². The van der Waals surface area contributed by atoms with E-state index in [0.29, 0.717) is 13.1 Å². The Balaban J connectivity index is 1.79. The quantitative estimate of drug-likeness (QED) is 0.483. The maximum Gasteiger partial charge on any atom is 0.223 e. The summed E-state index contributed by atoms with van der Waals surface area (Å²) in [6.07, 6.45) is 7.12. The lowest BCUT2D eigenvalue weighted by atomic mass is 10.0. The zero-order valence-corrected chi connectivity index (χ0v) is 18.1. The van der Waals surface area contributed by atoms with Crippen molar-refractivity contribution in [3.63, 3.8) is 0 Å². The van der Waals surface area contributed by atoms with Crippen molar-refractivity contribution in [3.8, 4) is 0 Å². The van der Waals surface area contributed by atoms with Crippen LogP contribution in [0.3, 0.4) is 0 Å². The van der Waals surface area contributed by atoms with Gasteiger partial charge in [0.05, 0.1) is 18.1 Å². The zero-order chi connectivity index (χ0) is 19.9. The van der Waals surface area contributed by atoms with Gasteiger partial charge in [-0.05, 0) is 32.1 Å². The number of thioether (sulfide) groups is 1. The monoisotopic (exact) mass is 404 g/mol. The molecule has 1 amide bonds. The number of carbonyl (C=O) groups is 1. The van der Waals surface area contributed by atoms with E-state index in [1.54, 1.807) is 11.8 Å². The van der Waals surface area contributed by atoms with Crippen LogP contribution < -0.4 is 10.2 Å². The number of anilines is 1. The van der Waals surface area contributed by atoms with Crippen molar-refractivity contribution in [1.29, 1.82) is 0 Å². The van der Waals surface area contributed by atoms with Crippen LogP contribution in [0.2, 0.25) is 0 Å². The Labute approximate surface area is 171 Å². The lowest BCUT2D eigenvalue weighted by Crippen LogP contribution is -2.32. The Morgan fingerprint density at radius 1 is 1.21 bits per heavy atom. The summed E-state index contributed by atoms with van der Waals surface area (Å²) in [5.74, 6) is 2.24. The lowest BCUT2D eigenvalue weighted by molar-refractivity contribution is -0.125.